The lowest BCUT2D eigenvalue weighted by Crippen LogP contribution is -1.81. The Bertz CT molecular complexity index is 1250. The number of azo groups is 2. The minimum Gasteiger partial charge on any atom is -0.192 e. The van der Waals surface area contributed by atoms with Gasteiger partial charge in [0.25, 0.3) is 0 Å². The second kappa shape index (κ2) is 11.8. The molecule has 0 N–H and O–H groups in total. The smallest absolute Gasteiger partial charge is 0.0937 e. The number of fused-ring (bicyclic) bond motifs is 2. The van der Waals surface area contributed by atoms with E-state index in [0.29, 0.717) is 0 Å². The monoisotopic (exact) mass is 426 g/mol. The van der Waals surface area contributed by atoms with Crippen LogP contribution in [0.15, 0.2) is 81.1 Å². The van der Waals surface area contributed by atoms with E-state index < -0.39 is 0 Å². The lowest BCUT2D eigenvalue weighted by atomic mass is 10.0. The van der Waals surface area contributed by atoms with E-state index in [1.165, 1.54) is 27.5 Å². The molecule has 0 aromatic heterocycles. The van der Waals surface area contributed by atoms with E-state index >= 15 is 0 Å². The van der Waals surface area contributed by atoms with Gasteiger partial charge in [0.2, 0.25) is 0 Å². The quantitative estimate of drug-likeness (QED) is 0.293. The van der Waals surface area contributed by atoms with Gasteiger partial charge in [-0.3, -0.25) is 0 Å². The molecular weight excluding hydrogens is 392 g/mol. The van der Waals surface area contributed by atoms with Gasteiger partial charge in [0.1, 0.15) is 0 Å². The molecule has 0 amide bonds. The van der Waals surface area contributed by atoms with Crippen LogP contribution in [-0.4, -0.2) is 7.05 Å². The first-order valence-electron chi connectivity index (χ1n) is 11.3. The van der Waals surface area contributed by atoms with Gasteiger partial charge in [0.05, 0.1) is 17.1 Å². The van der Waals surface area contributed by atoms with E-state index in [9.17, 15) is 0 Å². The van der Waals surface area contributed by atoms with Crippen LogP contribution in [0, 0.1) is 20.8 Å². The van der Waals surface area contributed by atoms with Crippen LogP contribution in [0.4, 0.5) is 17.1 Å². The number of hydrogen-bond acceptors (Lipinski definition) is 4. The van der Waals surface area contributed by atoms with Gasteiger partial charge in [-0.2, -0.15) is 15.3 Å². The fourth-order valence-corrected chi connectivity index (χ4v) is 3.62. The number of hydrogen-bond donors (Lipinski definition) is 0. The molecule has 32 heavy (non-hydrogen) atoms. The maximum Gasteiger partial charge on any atom is 0.0937 e. The molecule has 0 atom stereocenters. The lowest BCUT2D eigenvalue weighted by Gasteiger charge is -2.06. The average Bonchev–Trinajstić information content (AvgIpc) is 2.81. The van der Waals surface area contributed by atoms with E-state index in [0.717, 1.165) is 27.8 Å². The molecule has 4 nitrogen and oxygen atoms in total. The van der Waals surface area contributed by atoms with Crippen molar-refractivity contribution >= 4 is 38.6 Å². The maximum absolute atomic E-state index is 4.55. The topological polar surface area (TPSA) is 49.4 Å². The number of benzene rings is 4. The molecular formula is C28H34N4. The van der Waals surface area contributed by atoms with Gasteiger partial charge in [0, 0.05) is 17.8 Å². The molecule has 0 unspecified atom stereocenters. The molecule has 166 valence electrons. The summed E-state index contributed by atoms with van der Waals surface area (Å²) in [6.45, 7) is 14.3. The van der Waals surface area contributed by atoms with E-state index in [1.54, 1.807) is 7.05 Å². The third-order valence-corrected chi connectivity index (χ3v) is 4.89. The summed E-state index contributed by atoms with van der Waals surface area (Å²) in [4.78, 5) is 0. The molecule has 4 rings (SSSR count). The Morgan fingerprint density at radius 2 is 1.19 bits per heavy atom. The summed E-state index contributed by atoms with van der Waals surface area (Å²) in [6.07, 6.45) is 0. The highest BCUT2D eigenvalue weighted by atomic mass is 15.1. The van der Waals surface area contributed by atoms with Crippen LogP contribution in [0.25, 0.3) is 21.5 Å². The normalized spacial score (nSPS) is 10.9. The minimum absolute atomic E-state index is 0.828. The van der Waals surface area contributed by atoms with Crippen molar-refractivity contribution in [2.75, 3.05) is 7.05 Å². The molecule has 0 aliphatic carbocycles. The second-order valence-corrected chi connectivity index (χ2v) is 7.14. The highest BCUT2D eigenvalue weighted by Gasteiger charge is 2.06. The first-order chi connectivity index (χ1) is 15.5. The molecule has 4 aromatic carbocycles. The van der Waals surface area contributed by atoms with Crippen molar-refractivity contribution in [3.8, 4) is 0 Å². The molecule has 0 aliphatic rings. The third-order valence-electron chi connectivity index (χ3n) is 4.89. The summed E-state index contributed by atoms with van der Waals surface area (Å²) in [6, 6.07) is 20.7. The first-order valence-corrected chi connectivity index (χ1v) is 11.3. The van der Waals surface area contributed by atoms with Gasteiger partial charge in [-0.25, -0.2) is 0 Å². The van der Waals surface area contributed by atoms with Crippen molar-refractivity contribution in [3.63, 3.8) is 0 Å². The second-order valence-electron chi connectivity index (χ2n) is 7.14. The summed E-state index contributed by atoms with van der Waals surface area (Å²) in [5.41, 5.74) is 6.21. The van der Waals surface area contributed by atoms with Gasteiger partial charge in [0.15, 0.2) is 0 Å². The average molecular weight is 427 g/mol. The summed E-state index contributed by atoms with van der Waals surface area (Å²) < 4.78 is 0. The van der Waals surface area contributed by atoms with Crippen molar-refractivity contribution in [2.24, 2.45) is 20.5 Å². The molecule has 0 saturated carbocycles. The van der Waals surface area contributed by atoms with Crippen molar-refractivity contribution in [1.82, 2.24) is 0 Å². The molecule has 0 aliphatic heterocycles. The van der Waals surface area contributed by atoms with Gasteiger partial charge >= 0.3 is 0 Å². The number of rotatable bonds is 3. The zero-order valence-corrected chi connectivity index (χ0v) is 20.6. The molecule has 0 radical (unpaired) electrons. The zero-order chi connectivity index (χ0) is 23.7. The fourth-order valence-electron chi connectivity index (χ4n) is 3.62. The lowest BCUT2D eigenvalue weighted by molar-refractivity contribution is 1.17. The van der Waals surface area contributed by atoms with Crippen molar-refractivity contribution in [1.29, 1.82) is 0 Å². The number of nitrogens with zero attached hydrogens (tertiary/aromatic N) is 4. The molecule has 4 heteroatoms. The summed E-state index contributed by atoms with van der Waals surface area (Å²) >= 11 is 0. The first kappa shape index (κ1) is 24.9. The molecule has 0 bridgehead atoms. The summed E-state index contributed by atoms with van der Waals surface area (Å²) in [5.74, 6) is 0. The molecule has 0 heterocycles. The minimum atomic E-state index is 0.828. The fraction of sp³-hybridized carbons (Fsp3) is 0.286. The van der Waals surface area contributed by atoms with E-state index in [2.05, 4.69) is 83.7 Å². The van der Waals surface area contributed by atoms with Gasteiger partial charge < -0.3 is 0 Å². The Morgan fingerprint density at radius 3 is 1.88 bits per heavy atom. The van der Waals surface area contributed by atoms with Crippen LogP contribution in [0.5, 0.6) is 0 Å². The highest BCUT2D eigenvalue weighted by Crippen LogP contribution is 2.35. The van der Waals surface area contributed by atoms with Crippen molar-refractivity contribution < 1.29 is 0 Å². The molecule has 0 fully saturated rings. The third kappa shape index (κ3) is 5.64. The number of aryl methyl sites for hydroxylation is 3. The zero-order valence-electron chi connectivity index (χ0n) is 20.6. The van der Waals surface area contributed by atoms with Crippen molar-refractivity contribution in [2.45, 2.75) is 48.5 Å². The Kier molecular flexibility index (Phi) is 9.21. The van der Waals surface area contributed by atoms with Gasteiger partial charge in [-0.1, -0.05) is 69.2 Å². The van der Waals surface area contributed by atoms with Crippen molar-refractivity contribution in [3.05, 3.63) is 77.4 Å². The Labute approximate surface area is 192 Å². The van der Waals surface area contributed by atoms with Crippen LogP contribution >= 0.6 is 0 Å². The van der Waals surface area contributed by atoms with Gasteiger partial charge in [-0.05, 0) is 67.4 Å². The largest absolute Gasteiger partial charge is 0.192 e. The van der Waals surface area contributed by atoms with E-state index in [4.69, 9.17) is 0 Å². The van der Waals surface area contributed by atoms with E-state index in [-0.39, 0.29) is 0 Å². The molecule has 0 spiro atoms. The SMILES string of the molecule is CC.CC.CN=Nc1ccc(N=Nc2ccc3c(C)cc(C)cc3c2)c2cc(C)ccc12. The Balaban J connectivity index is 0.000000860. The predicted octanol–water partition coefficient (Wildman–Crippen LogP) is 10.1. The van der Waals surface area contributed by atoms with Crippen LogP contribution in [0.1, 0.15) is 44.4 Å². The van der Waals surface area contributed by atoms with E-state index in [1.807, 2.05) is 45.9 Å². The van der Waals surface area contributed by atoms with Gasteiger partial charge in [-0.15, -0.1) is 5.11 Å². The van der Waals surface area contributed by atoms with Crippen LogP contribution in [0.2, 0.25) is 0 Å². The van der Waals surface area contributed by atoms with Crippen LogP contribution < -0.4 is 0 Å². The Hall–Kier alpha value is -3.40. The molecule has 4 aromatic rings. The maximum atomic E-state index is 4.55. The standard InChI is InChI=1S/C24H22N4.2C2H6/c1-15-5-7-21-22(13-15)24(10-9-23(21)27-25-4)28-26-19-6-8-20-17(3)11-16(2)12-18(20)14-19;2*1-2/h5-14H,1-4H3;2*1-2H3. The van der Waals surface area contributed by atoms with Crippen LogP contribution in [-0.2, 0) is 0 Å². The summed E-state index contributed by atoms with van der Waals surface area (Å²) in [5, 5.41) is 21.7. The predicted molar refractivity (Wildman–Crippen MR) is 139 cm³/mol. The highest BCUT2D eigenvalue weighted by molar-refractivity contribution is 6.00. The van der Waals surface area contributed by atoms with Crippen LogP contribution in [0.3, 0.4) is 0 Å². The molecule has 0 saturated heterocycles. The Morgan fingerprint density at radius 1 is 0.531 bits per heavy atom. The summed E-state index contributed by atoms with van der Waals surface area (Å²) in [7, 11) is 1.68.